The fraction of sp³-hybridized carbons (Fsp3) is 0.364. The van der Waals surface area contributed by atoms with Crippen LogP contribution in [0.1, 0.15) is 27.8 Å². The van der Waals surface area contributed by atoms with Gasteiger partial charge in [0.2, 0.25) is 0 Å². The summed E-state index contributed by atoms with van der Waals surface area (Å²) in [6.07, 6.45) is 1.31. The molecule has 0 atom stereocenters. The molecular formula is C11H15N3O3. The van der Waals surface area contributed by atoms with E-state index in [4.69, 9.17) is 10.8 Å². The molecule has 0 saturated carbocycles. The number of nitrogens with two attached hydrogens (primary N) is 1. The Bertz CT molecular complexity index is 403. The van der Waals surface area contributed by atoms with Crippen molar-refractivity contribution in [1.82, 2.24) is 9.88 Å². The van der Waals surface area contributed by atoms with E-state index in [0.717, 1.165) is 0 Å². The molecule has 17 heavy (non-hydrogen) atoms. The lowest BCUT2D eigenvalue weighted by Gasteiger charge is -2.19. The van der Waals surface area contributed by atoms with Crippen LogP contribution < -0.4 is 5.73 Å². The van der Waals surface area contributed by atoms with E-state index in [1.807, 2.05) is 6.92 Å². The number of amides is 2. The molecule has 6 heteroatoms. The lowest BCUT2D eigenvalue weighted by atomic mass is 10.2. The zero-order valence-corrected chi connectivity index (χ0v) is 9.59. The summed E-state index contributed by atoms with van der Waals surface area (Å²) < 4.78 is 0. The van der Waals surface area contributed by atoms with Gasteiger partial charge in [-0.1, -0.05) is 0 Å². The molecule has 0 aliphatic heterocycles. The Hall–Kier alpha value is -1.95. The highest BCUT2D eigenvalue weighted by molar-refractivity contribution is 5.95. The second-order valence-electron chi connectivity index (χ2n) is 3.40. The van der Waals surface area contributed by atoms with Gasteiger partial charge in [-0.05, 0) is 19.1 Å². The number of carbonyl (C=O) groups is 2. The summed E-state index contributed by atoms with van der Waals surface area (Å²) in [5, 5.41) is 8.81. The summed E-state index contributed by atoms with van der Waals surface area (Å²) >= 11 is 0. The molecule has 0 radical (unpaired) electrons. The first-order valence-corrected chi connectivity index (χ1v) is 5.26. The first-order chi connectivity index (χ1) is 8.10. The molecule has 0 aliphatic rings. The predicted molar refractivity (Wildman–Crippen MR) is 61.4 cm³/mol. The number of carbonyl (C=O) groups excluding carboxylic acids is 2. The van der Waals surface area contributed by atoms with Gasteiger partial charge in [-0.25, -0.2) is 0 Å². The molecule has 0 bridgehead atoms. The van der Waals surface area contributed by atoms with Crippen LogP contribution in [0.4, 0.5) is 0 Å². The average Bonchev–Trinajstić information content (AvgIpc) is 2.35. The number of aliphatic hydroxyl groups is 1. The highest BCUT2D eigenvalue weighted by Crippen LogP contribution is 2.04. The maximum Gasteiger partial charge on any atom is 0.267 e. The molecule has 1 heterocycles. The number of aromatic nitrogens is 1. The van der Waals surface area contributed by atoms with E-state index in [-0.39, 0.29) is 24.8 Å². The van der Waals surface area contributed by atoms with Gasteiger partial charge in [-0.2, -0.15) is 0 Å². The minimum Gasteiger partial charge on any atom is -0.395 e. The zero-order chi connectivity index (χ0) is 12.8. The monoisotopic (exact) mass is 237 g/mol. The van der Waals surface area contributed by atoms with Gasteiger partial charge in [0.05, 0.1) is 12.2 Å². The lowest BCUT2D eigenvalue weighted by molar-refractivity contribution is 0.0731. The van der Waals surface area contributed by atoms with E-state index in [0.29, 0.717) is 12.1 Å². The van der Waals surface area contributed by atoms with Crippen molar-refractivity contribution in [2.45, 2.75) is 6.92 Å². The van der Waals surface area contributed by atoms with Crippen LogP contribution in [0.15, 0.2) is 18.3 Å². The van der Waals surface area contributed by atoms with Gasteiger partial charge in [-0.3, -0.25) is 14.6 Å². The molecule has 1 rings (SSSR count). The summed E-state index contributed by atoms with van der Waals surface area (Å²) in [5.74, 6) is -0.864. The Kier molecular flexibility index (Phi) is 4.59. The molecule has 2 amide bonds. The molecule has 6 nitrogen and oxygen atoms in total. The van der Waals surface area contributed by atoms with Gasteiger partial charge in [0.1, 0.15) is 5.69 Å². The van der Waals surface area contributed by atoms with Crippen LogP contribution in [0.3, 0.4) is 0 Å². The van der Waals surface area contributed by atoms with E-state index < -0.39 is 5.91 Å². The van der Waals surface area contributed by atoms with Crippen molar-refractivity contribution in [1.29, 1.82) is 0 Å². The van der Waals surface area contributed by atoms with Crippen LogP contribution in [-0.2, 0) is 0 Å². The highest BCUT2D eigenvalue weighted by Gasteiger charge is 2.14. The molecule has 1 aromatic rings. The fourth-order valence-electron chi connectivity index (χ4n) is 1.37. The van der Waals surface area contributed by atoms with Gasteiger partial charge in [0.25, 0.3) is 11.8 Å². The molecule has 1 aromatic heterocycles. The van der Waals surface area contributed by atoms with Crippen molar-refractivity contribution >= 4 is 11.8 Å². The van der Waals surface area contributed by atoms with Gasteiger partial charge < -0.3 is 15.7 Å². The molecule has 92 valence electrons. The minimum absolute atomic E-state index is 0.0909. The third-order valence-corrected chi connectivity index (χ3v) is 2.30. The molecule has 3 N–H and O–H groups in total. The van der Waals surface area contributed by atoms with Crippen molar-refractivity contribution in [3.8, 4) is 0 Å². The molecule has 0 aliphatic carbocycles. The Balaban J connectivity index is 2.85. The highest BCUT2D eigenvalue weighted by atomic mass is 16.3. The molecule has 0 unspecified atom stereocenters. The molecule has 0 saturated heterocycles. The number of aliphatic hydroxyl groups excluding tert-OH is 1. The number of rotatable bonds is 5. The van der Waals surface area contributed by atoms with Crippen LogP contribution in [0.5, 0.6) is 0 Å². The summed E-state index contributed by atoms with van der Waals surface area (Å²) in [6, 6.07) is 2.90. The normalized spacial score (nSPS) is 10.0. The summed E-state index contributed by atoms with van der Waals surface area (Å²) in [6.45, 7) is 2.50. The summed E-state index contributed by atoms with van der Waals surface area (Å²) in [4.78, 5) is 28.0. The molecule has 0 spiro atoms. The van der Waals surface area contributed by atoms with Crippen molar-refractivity contribution in [3.05, 3.63) is 29.6 Å². The second kappa shape index (κ2) is 5.95. The van der Waals surface area contributed by atoms with Gasteiger partial charge in [-0.15, -0.1) is 0 Å². The number of primary amides is 1. The van der Waals surface area contributed by atoms with E-state index in [9.17, 15) is 9.59 Å². The maximum atomic E-state index is 11.9. The molecule has 0 aromatic carbocycles. The Morgan fingerprint density at radius 1 is 1.47 bits per heavy atom. The number of hydrogen-bond donors (Lipinski definition) is 2. The van der Waals surface area contributed by atoms with Crippen molar-refractivity contribution in [2.75, 3.05) is 19.7 Å². The lowest BCUT2D eigenvalue weighted by Crippen LogP contribution is -2.33. The van der Waals surface area contributed by atoms with Gasteiger partial charge >= 0.3 is 0 Å². The minimum atomic E-state index is -0.633. The Morgan fingerprint density at radius 2 is 2.18 bits per heavy atom. The van der Waals surface area contributed by atoms with Crippen LogP contribution in [0.25, 0.3) is 0 Å². The first-order valence-electron chi connectivity index (χ1n) is 5.26. The van der Waals surface area contributed by atoms with Crippen molar-refractivity contribution in [3.63, 3.8) is 0 Å². The van der Waals surface area contributed by atoms with Gasteiger partial charge in [0, 0.05) is 19.3 Å². The largest absolute Gasteiger partial charge is 0.395 e. The smallest absolute Gasteiger partial charge is 0.267 e. The Labute approximate surface area is 99.1 Å². The van der Waals surface area contributed by atoms with Crippen LogP contribution in [0, 0.1) is 0 Å². The van der Waals surface area contributed by atoms with Crippen LogP contribution in [0.2, 0.25) is 0 Å². The van der Waals surface area contributed by atoms with E-state index in [1.165, 1.54) is 23.2 Å². The third-order valence-electron chi connectivity index (χ3n) is 2.30. The number of likely N-dealkylation sites (N-methyl/N-ethyl adjacent to an activating group) is 1. The number of hydrogen-bond acceptors (Lipinski definition) is 4. The van der Waals surface area contributed by atoms with E-state index in [1.54, 1.807) is 0 Å². The topological polar surface area (TPSA) is 96.5 Å². The van der Waals surface area contributed by atoms with Crippen molar-refractivity contribution in [2.24, 2.45) is 5.73 Å². The van der Waals surface area contributed by atoms with Gasteiger partial charge in [0.15, 0.2) is 0 Å². The quantitative estimate of drug-likeness (QED) is 0.730. The SMILES string of the molecule is CCN(CCO)C(=O)c1ccc(C(N)=O)nc1. The summed E-state index contributed by atoms with van der Waals surface area (Å²) in [7, 11) is 0. The number of pyridine rings is 1. The second-order valence-corrected chi connectivity index (χ2v) is 3.40. The third kappa shape index (κ3) is 3.25. The molecular weight excluding hydrogens is 222 g/mol. The molecule has 0 fully saturated rings. The van der Waals surface area contributed by atoms with E-state index >= 15 is 0 Å². The summed E-state index contributed by atoms with van der Waals surface area (Å²) in [5.41, 5.74) is 5.53. The van der Waals surface area contributed by atoms with Crippen LogP contribution >= 0.6 is 0 Å². The Morgan fingerprint density at radius 3 is 2.59 bits per heavy atom. The standard InChI is InChI=1S/C11H15N3O3/c1-2-14(5-6-15)11(17)8-3-4-9(10(12)16)13-7-8/h3-4,7,15H,2,5-6H2,1H3,(H2,12,16). The fourth-order valence-corrected chi connectivity index (χ4v) is 1.37. The average molecular weight is 237 g/mol. The number of nitrogens with zero attached hydrogens (tertiary/aromatic N) is 2. The first kappa shape index (κ1) is 13.1. The van der Waals surface area contributed by atoms with Crippen LogP contribution in [-0.4, -0.2) is 46.5 Å². The van der Waals surface area contributed by atoms with E-state index in [2.05, 4.69) is 4.98 Å². The van der Waals surface area contributed by atoms with Crippen molar-refractivity contribution < 1.29 is 14.7 Å². The zero-order valence-electron chi connectivity index (χ0n) is 9.59. The maximum absolute atomic E-state index is 11.9. The predicted octanol–water partition coefficient (Wildman–Crippen LogP) is -0.365.